The molecule has 1 heterocycles. The summed E-state index contributed by atoms with van der Waals surface area (Å²) in [5, 5.41) is 2.94. The van der Waals surface area contributed by atoms with Gasteiger partial charge in [0.25, 0.3) is 0 Å². The molecule has 0 saturated heterocycles. The van der Waals surface area contributed by atoms with Crippen LogP contribution in [0.15, 0.2) is 18.2 Å². The third kappa shape index (κ3) is 0.857. The van der Waals surface area contributed by atoms with Gasteiger partial charge in [0, 0.05) is 7.11 Å². The topological polar surface area (TPSA) is 29.1 Å². The summed E-state index contributed by atoms with van der Waals surface area (Å²) in [6.07, 6.45) is 3.30. The zero-order chi connectivity index (χ0) is 8.84. The largest absolute Gasteiger partial charge is 0.325 e. The van der Waals surface area contributed by atoms with E-state index in [2.05, 4.69) is 11.4 Å². The molecule has 1 aromatic rings. The van der Waals surface area contributed by atoms with Crippen LogP contribution in [0.3, 0.4) is 0 Å². The summed E-state index contributed by atoms with van der Waals surface area (Å²) < 4.78 is 0. The van der Waals surface area contributed by atoms with Crippen molar-refractivity contribution >= 4 is 11.6 Å². The molecule has 1 unspecified atom stereocenters. The lowest BCUT2D eigenvalue weighted by Gasteiger charge is -2.18. The zero-order valence-corrected chi connectivity index (χ0v) is 7.34. The van der Waals surface area contributed by atoms with Crippen LogP contribution in [-0.4, -0.2) is 5.91 Å². The fourth-order valence-corrected chi connectivity index (χ4v) is 2.47. The summed E-state index contributed by atoms with van der Waals surface area (Å²) in [6, 6.07) is 6.18. The van der Waals surface area contributed by atoms with Gasteiger partial charge in [0.1, 0.15) is 0 Å². The van der Waals surface area contributed by atoms with Gasteiger partial charge in [-0.3, -0.25) is 4.79 Å². The Hall–Kier alpha value is -1.31. The summed E-state index contributed by atoms with van der Waals surface area (Å²) in [6.45, 7) is 0. The quantitative estimate of drug-likeness (QED) is 0.644. The first-order valence-corrected chi connectivity index (χ1v) is 4.79. The highest BCUT2D eigenvalue weighted by Gasteiger charge is 2.34. The molecule has 2 nitrogen and oxygen atoms in total. The van der Waals surface area contributed by atoms with E-state index in [1.807, 2.05) is 12.1 Å². The molecule has 1 aliphatic carbocycles. The Bertz CT molecular complexity index is 389. The molecule has 2 heteroatoms. The van der Waals surface area contributed by atoms with Crippen LogP contribution in [-0.2, 0) is 11.2 Å². The molecule has 0 aromatic heterocycles. The van der Waals surface area contributed by atoms with Crippen LogP contribution < -0.4 is 5.32 Å². The Labute approximate surface area is 78.4 Å². The number of rotatable bonds is 0. The van der Waals surface area contributed by atoms with Crippen molar-refractivity contribution in [3.63, 3.8) is 0 Å². The summed E-state index contributed by atoms with van der Waals surface area (Å²) in [4.78, 5) is 11.5. The van der Waals surface area contributed by atoms with E-state index in [0.29, 0.717) is 0 Å². The number of carbonyl (C=O) groups is 1. The lowest BCUT2D eigenvalue weighted by atomic mass is 9.84. The molecule has 1 amide bonds. The molecule has 0 radical (unpaired) electrons. The maximum atomic E-state index is 11.5. The molecule has 0 saturated carbocycles. The Balaban J connectivity index is 0.000000750. The lowest BCUT2D eigenvalue weighted by molar-refractivity contribution is -0.117. The van der Waals surface area contributed by atoms with E-state index in [0.717, 1.165) is 24.9 Å². The van der Waals surface area contributed by atoms with E-state index in [4.69, 9.17) is 0 Å². The molecule has 1 atom stereocenters. The first-order valence-electron chi connectivity index (χ1n) is 4.79. The van der Waals surface area contributed by atoms with E-state index in [-0.39, 0.29) is 13.3 Å². The van der Waals surface area contributed by atoms with E-state index in [1.165, 1.54) is 11.1 Å². The van der Waals surface area contributed by atoms with Crippen LogP contribution in [0.25, 0.3) is 0 Å². The van der Waals surface area contributed by atoms with Crippen molar-refractivity contribution in [1.29, 1.82) is 0 Å². The van der Waals surface area contributed by atoms with Gasteiger partial charge in [-0.25, -0.2) is 0 Å². The number of aryl methyl sites for hydroxylation is 1. The Kier molecular flexibility index (Phi) is 1.29. The number of hydrogen-bond donors (Lipinski definition) is 1. The zero-order valence-electron chi connectivity index (χ0n) is 7.34. The second-order valence-electron chi connectivity index (χ2n) is 3.81. The van der Waals surface area contributed by atoms with Gasteiger partial charge in [-0.2, -0.15) is 0 Å². The van der Waals surface area contributed by atoms with Crippen molar-refractivity contribution in [3.05, 3.63) is 29.3 Å². The van der Waals surface area contributed by atoms with Gasteiger partial charge < -0.3 is 5.32 Å². The fourth-order valence-electron chi connectivity index (χ4n) is 2.47. The number of hydrogen-bond acceptors (Lipinski definition) is 1. The average molecular weight is 175 g/mol. The predicted octanol–water partition coefficient (Wildman–Crippen LogP) is 2.30. The molecule has 0 bridgehead atoms. The molecule has 1 aliphatic heterocycles. The number of carbonyl (C=O) groups excluding carboxylic acids is 1. The van der Waals surface area contributed by atoms with Crippen molar-refractivity contribution in [3.8, 4) is 0 Å². The normalized spacial score (nSPS) is 24.0. The molecule has 1 aromatic carbocycles. The van der Waals surface area contributed by atoms with Crippen molar-refractivity contribution in [2.75, 3.05) is 5.32 Å². The van der Waals surface area contributed by atoms with Gasteiger partial charge in [0.2, 0.25) is 5.91 Å². The third-order valence-corrected chi connectivity index (χ3v) is 3.06. The van der Waals surface area contributed by atoms with Crippen LogP contribution in [0, 0.1) is 0 Å². The van der Waals surface area contributed by atoms with Crippen molar-refractivity contribution in [2.24, 2.45) is 0 Å². The van der Waals surface area contributed by atoms with Gasteiger partial charge in [-0.05, 0) is 36.5 Å². The molecule has 13 heavy (non-hydrogen) atoms. The maximum Gasteiger partial charge on any atom is 0.232 e. The first kappa shape index (κ1) is 7.13. The second kappa shape index (κ2) is 2.34. The fraction of sp³-hybridized carbons (Fsp3) is 0.364. The Morgan fingerprint density at radius 1 is 1.46 bits per heavy atom. The van der Waals surface area contributed by atoms with E-state index in [1.54, 1.807) is 0 Å². The molecular weight excluding hydrogens is 162 g/mol. The summed E-state index contributed by atoms with van der Waals surface area (Å²) >= 11 is 0. The molecule has 0 spiro atoms. The van der Waals surface area contributed by atoms with Crippen LogP contribution in [0.4, 0.5) is 5.69 Å². The number of anilines is 1. The van der Waals surface area contributed by atoms with Crippen LogP contribution in [0.2, 0.25) is 0 Å². The summed E-state index contributed by atoms with van der Waals surface area (Å²) in [5.41, 5.74) is 3.69. The summed E-state index contributed by atoms with van der Waals surface area (Å²) in [5.74, 6) is 0.349. The van der Waals surface area contributed by atoms with Gasteiger partial charge in [-0.15, -0.1) is 0 Å². The lowest BCUT2D eigenvalue weighted by Crippen LogP contribution is -2.15. The number of amides is 1. The minimum atomic E-state index is 0. The minimum Gasteiger partial charge on any atom is -0.325 e. The second-order valence-corrected chi connectivity index (χ2v) is 3.81. The van der Waals surface area contributed by atoms with Crippen LogP contribution in [0.5, 0.6) is 0 Å². The smallest absolute Gasteiger partial charge is 0.232 e. The maximum absolute atomic E-state index is 11.5. The summed E-state index contributed by atoms with van der Waals surface area (Å²) in [7, 11) is 0. The van der Waals surface area contributed by atoms with Crippen molar-refractivity contribution < 1.29 is 6.22 Å². The Morgan fingerprint density at radius 3 is 3.31 bits per heavy atom. The molecule has 2 aliphatic rings. The first-order chi connectivity index (χ1) is 6.36. The molecule has 0 fully saturated rings. The number of nitrogens with one attached hydrogen (secondary N) is 1. The monoisotopic (exact) mass is 175 g/mol. The Morgan fingerprint density at radius 2 is 2.38 bits per heavy atom. The van der Waals surface area contributed by atoms with E-state index < -0.39 is 0 Å². The molecule has 68 valence electrons. The molecule has 3 rings (SSSR count). The molecular formula is C11H13NO. The highest BCUT2D eigenvalue weighted by molar-refractivity contribution is 6.03. The van der Waals surface area contributed by atoms with Gasteiger partial charge in [-0.1, -0.05) is 12.1 Å². The van der Waals surface area contributed by atoms with Gasteiger partial charge in [0.15, 0.2) is 0 Å². The molecule has 1 N–H and O–H groups in total. The SMILES string of the molecule is O=C1Nc2cccc3c2C1CCC3.[HH]. The van der Waals surface area contributed by atoms with E-state index >= 15 is 0 Å². The highest BCUT2D eigenvalue weighted by Crippen LogP contribution is 2.41. The van der Waals surface area contributed by atoms with Crippen LogP contribution >= 0.6 is 0 Å². The standard InChI is InChI=1S/C11H11NO.H2/c13-11-8-5-1-3-7-4-2-6-9(12-11)10(7)8;/h2,4,6,8H,1,3,5H2,(H,12,13);1H. The van der Waals surface area contributed by atoms with Crippen molar-refractivity contribution in [2.45, 2.75) is 25.2 Å². The average Bonchev–Trinajstić information content (AvgIpc) is 2.47. The predicted molar refractivity (Wildman–Crippen MR) is 52.9 cm³/mol. The minimum absolute atomic E-state index is 0. The van der Waals surface area contributed by atoms with Crippen LogP contribution in [0.1, 0.15) is 31.3 Å². The van der Waals surface area contributed by atoms with Gasteiger partial charge >= 0.3 is 0 Å². The third-order valence-electron chi connectivity index (χ3n) is 3.06. The van der Waals surface area contributed by atoms with E-state index in [9.17, 15) is 4.79 Å². The number of benzene rings is 1. The van der Waals surface area contributed by atoms with Gasteiger partial charge in [0.05, 0.1) is 5.92 Å². The highest BCUT2D eigenvalue weighted by atomic mass is 16.2. The van der Waals surface area contributed by atoms with Crippen molar-refractivity contribution in [1.82, 2.24) is 0 Å².